The van der Waals surface area contributed by atoms with E-state index in [9.17, 15) is 0 Å². The van der Waals surface area contributed by atoms with Crippen molar-refractivity contribution in [2.75, 3.05) is 13.6 Å². The van der Waals surface area contributed by atoms with Crippen LogP contribution in [0.25, 0.3) is 0 Å². The third-order valence-electron chi connectivity index (χ3n) is 1.48. The molecule has 1 aliphatic heterocycles. The highest BCUT2D eigenvalue weighted by molar-refractivity contribution is 5.07. The van der Waals surface area contributed by atoms with Gasteiger partial charge in [-0.25, -0.2) is 0 Å². The van der Waals surface area contributed by atoms with E-state index in [2.05, 4.69) is 35.3 Å². The second kappa shape index (κ2) is 5.24. The third kappa shape index (κ3) is 3.66. The van der Waals surface area contributed by atoms with E-state index in [1.807, 2.05) is 30.6 Å². The van der Waals surface area contributed by atoms with Crippen LogP contribution in [0.1, 0.15) is 0 Å². The number of likely N-dealkylation sites (N-methyl/N-ethyl adjacent to an activating group) is 1. The molecule has 1 N–H and O–H groups in total. The monoisotopic (exact) mass is 162 g/mol. The fraction of sp³-hybridized carbons (Fsp3) is 0.200. The molecule has 1 aliphatic rings. The molecular weight excluding hydrogens is 148 g/mol. The predicted molar refractivity (Wildman–Crippen MR) is 51.7 cm³/mol. The second-order valence-electron chi connectivity index (χ2n) is 2.59. The molecule has 1 aromatic heterocycles. The van der Waals surface area contributed by atoms with Crippen LogP contribution >= 0.6 is 0 Å². The van der Waals surface area contributed by atoms with Gasteiger partial charge in [-0.3, -0.25) is 0 Å². The zero-order chi connectivity index (χ0) is 8.65. The SMILES string of the molecule is CN1C=CC=CC1.c1cc[nH]c1. The lowest BCUT2D eigenvalue weighted by molar-refractivity contribution is 0.505. The maximum Gasteiger partial charge on any atom is 0.0353 e. The number of aromatic nitrogens is 1. The van der Waals surface area contributed by atoms with Crippen molar-refractivity contribution in [2.45, 2.75) is 0 Å². The average molecular weight is 162 g/mol. The summed E-state index contributed by atoms with van der Waals surface area (Å²) in [7, 11) is 2.06. The third-order valence-corrected chi connectivity index (χ3v) is 1.48. The van der Waals surface area contributed by atoms with Crippen LogP contribution in [0, 0.1) is 0 Å². The summed E-state index contributed by atoms with van der Waals surface area (Å²) in [6.07, 6.45) is 12.0. The van der Waals surface area contributed by atoms with Crippen molar-refractivity contribution in [3.8, 4) is 0 Å². The summed E-state index contributed by atoms with van der Waals surface area (Å²) in [6, 6.07) is 3.89. The van der Waals surface area contributed by atoms with E-state index in [1.54, 1.807) is 0 Å². The summed E-state index contributed by atoms with van der Waals surface area (Å²) < 4.78 is 0. The first-order valence-corrected chi connectivity index (χ1v) is 4.01. The summed E-state index contributed by atoms with van der Waals surface area (Å²) in [4.78, 5) is 4.99. The van der Waals surface area contributed by atoms with Gasteiger partial charge in [-0.1, -0.05) is 12.2 Å². The van der Waals surface area contributed by atoms with Gasteiger partial charge in [-0.05, 0) is 24.4 Å². The smallest absolute Gasteiger partial charge is 0.0353 e. The van der Waals surface area contributed by atoms with E-state index < -0.39 is 0 Å². The van der Waals surface area contributed by atoms with Gasteiger partial charge in [-0.2, -0.15) is 0 Å². The van der Waals surface area contributed by atoms with Gasteiger partial charge in [0.2, 0.25) is 0 Å². The summed E-state index contributed by atoms with van der Waals surface area (Å²) in [5.41, 5.74) is 0. The molecule has 0 aliphatic carbocycles. The molecule has 0 bridgehead atoms. The molecule has 2 heteroatoms. The number of allylic oxidation sites excluding steroid dienone is 2. The van der Waals surface area contributed by atoms with E-state index >= 15 is 0 Å². The van der Waals surface area contributed by atoms with E-state index in [0.717, 1.165) is 6.54 Å². The molecule has 0 radical (unpaired) electrons. The molecule has 0 spiro atoms. The molecule has 0 amide bonds. The Hall–Kier alpha value is -1.44. The first-order chi connectivity index (χ1) is 5.89. The molecular formula is C10H14N2. The largest absolute Gasteiger partial charge is 0.377 e. The molecule has 2 heterocycles. The summed E-state index contributed by atoms with van der Waals surface area (Å²) in [5.74, 6) is 0. The average Bonchev–Trinajstić information content (AvgIpc) is 2.62. The Bertz CT molecular complexity index is 217. The van der Waals surface area contributed by atoms with E-state index in [4.69, 9.17) is 0 Å². The molecule has 1 aromatic rings. The van der Waals surface area contributed by atoms with Gasteiger partial charge >= 0.3 is 0 Å². The van der Waals surface area contributed by atoms with Crippen LogP contribution in [0.4, 0.5) is 0 Å². The lowest BCUT2D eigenvalue weighted by atomic mass is 10.4. The van der Waals surface area contributed by atoms with Crippen LogP contribution < -0.4 is 0 Å². The Morgan fingerprint density at radius 2 is 1.92 bits per heavy atom. The number of aromatic amines is 1. The van der Waals surface area contributed by atoms with Crippen molar-refractivity contribution in [2.24, 2.45) is 0 Å². The van der Waals surface area contributed by atoms with Crippen LogP contribution in [0.2, 0.25) is 0 Å². The van der Waals surface area contributed by atoms with Gasteiger partial charge in [-0.15, -0.1) is 0 Å². The highest BCUT2D eigenvalue weighted by Gasteiger charge is 1.86. The molecule has 2 nitrogen and oxygen atoms in total. The molecule has 0 aromatic carbocycles. The van der Waals surface area contributed by atoms with Crippen molar-refractivity contribution in [3.63, 3.8) is 0 Å². The Morgan fingerprint density at radius 1 is 1.17 bits per heavy atom. The molecule has 12 heavy (non-hydrogen) atoms. The first-order valence-electron chi connectivity index (χ1n) is 4.01. The molecule has 0 saturated carbocycles. The summed E-state index contributed by atoms with van der Waals surface area (Å²) in [5, 5.41) is 0. The minimum atomic E-state index is 1.05. The standard InChI is InChI=1S/C6H9N.C4H5N/c1-7-5-3-2-4-6-7;1-2-4-5-3-1/h2-5H,6H2,1H3;1-5H. The van der Waals surface area contributed by atoms with E-state index in [0.29, 0.717) is 0 Å². The number of hydrogen-bond donors (Lipinski definition) is 1. The fourth-order valence-corrected chi connectivity index (χ4v) is 0.841. The van der Waals surface area contributed by atoms with E-state index in [-0.39, 0.29) is 0 Å². The Balaban J connectivity index is 0.000000127. The van der Waals surface area contributed by atoms with Gasteiger partial charge < -0.3 is 9.88 Å². The Morgan fingerprint density at radius 3 is 2.17 bits per heavy atom. The highest BCUT2D eigenvalue weighted by atomic mass is 15.1. The predicted octanol–water partition coefficient (Wildman–Crippen LogP) is 2.02. The summed E-state index contributed by atoms with van der Waals surface area (Å²) in [6.45, 7) is 1.05. The Labute approximate surface area is 73.2 Å². The zero-order valence-electron chi connectivity index (χ0n) is 7.27. The lowest BCUT2D eigenvalue weighted by Crippen LogP contribution is -2.11. The van der Waals surface area contributed by atoms with Gasteiger partial charge in [0.05, 0.1) is 0 Å². The van der Waals surface area contributed by atoms with Crippen molar-refractivity contribution < 1.29 is 0 Å². The number of hydrogen-bond acceptors (Lipinski definition) is 1. The van der Waals surface area contributed by atoms with Gasteiger partial charge in [0.1, 0.15) is 0 Å². The summed E-state index contributed by atoms with van der Waals surface area (Å²) >= 11 is 0. The van der Waals surface area contributed by atoms with Gasteiger partial charge in [0, 0.05) is 26.0 Å². The quantitative estimate of drug-likeness (QED) is 0.618. The topological polar surface area (TPSA) is 19.0 Å². The number of rotatable bonds is 0. The second-order valence-corrected chi connectivity index (χ2v) is 2.59. The maximum atomic E-state index is 2.86. The van der Waals surface area contributed by atoms with Crippen molar-refractivity contribution in [3.05, 3.63) is 49.0 Å². The Kier molecular flexibility index (Phi) is 3.78. The van der Waals surface area contributed by atoms with Crippen LogP contribution in [0.3, 0.4) is 0 Å². The number of H-pyrrole nitrogens is 1. The molecule has 64 valence electrons. The lowest BCUT2D eigenvalue weighted by Gasteiger charge is -2.11. The van der Waals surface area contributed by atoms with Crippen LogP contribution in [0.15, 0.2) is 49.0 Å². The van der Waals surface area contributed by atoms with Gasteiger partial charge in [0.15, 0.2) is 0 Å². The molecule has 2 rings (SSSR count). The van der Waals surface area contributed by atoms with Crippen molar-refractivity contribution in [1.82, 2.24) is 9.88 Å². The minimum Gasteiger partial charge on any atom is -0.377 e. The number of nitrogens with zero attached hydrogens (tertiary/aromatic N) is 1. The molecule has 0 atom stereocenters. The van der Waals surface area contributed by atoms with Crippen LogP contribution in [-0.2, 0) is 0 Å². The highest BCUT2D eigenvalue weighted by Crippen LogP contribution is 1.91. The first kappa shape index (κ1) is 8.65. The molecule has 0 saturated heterocycles. The fourth-order valence-electron chi connectivity index (χ4n) is 0.841. The zero-order valence-corrected chi connectivity index (χ0v) is 7.27. The molecule has 0 fully saturated rings. The van der Waals surface area contributed by atoms with Crippen molar-refractivity contribution >= 4 is 0 Å². The normalized spacial score (nSPS) is 13.9. The maximum absolute atomic E-state index is 2.86. The molecule has 0 unspecified atom stereocenters. The number of nitrogens with one attached hydrogen (secondary N) is 1. The van der Waals surface area contributed by atoms with Gasteiger partial charge in [0.25, 0.3) is 0 Å². The van der Waals surface area contributed by atoms with Crippen LogP contribution in [-0.4, -0.2) is 23.5 Å². The minimum absolute atomic E-state index is 1.05. The van der Waals surface area contributed by atoms with Crippen molar-refractivity contribution in [1.29, 1.82) is 0 Å². The van der Waals surface area contributed by atoms with E-state index in [1.165, 1.54) is 0 Å². The van der Waals surface area contributed by atoms with Crippen LogP contribution in [0.5, 0.6) is 0 Å².